The van der Waals surface area contributed by atoms with Crippen LogP contribution < -0.4 is 21.5 Å². The van der Waals surface area contributed by atoms with Gasteiger partial charge in [0, 0.05) is 0 Å². The quantitative estimate of drug-likeness (QED) is 0.427. The number of aromatic nitrogens is 2. The Balaban J connectivity index is 0.00000324. The fraction of sp³-hybridized carbons (Fsp3) is 0.812. The fourth-order valence-electron chi connectivity index (χ4n) is 2.32. The van der Waals surface area contributed by atoms with Gasteiger partial charge >= 0.3 is 0 Å². The lowest BCUT2D eigenvalue weighted by molar-refractivity contribution is -0.696. The molecule has 0 atom stereocenters. The number of rotatable bonds is 11. The Morgan fingerprint density at radius 3 is 2.21 bits per heavy atom. The van der Waals surface area contributed by atoms with Gasteiger partial charge in [0.1, 0.15) is 12.4 Å². The second kappa shape index (κ2) is 12.7. The Morgan fingerprint density at radius 1 is 0.842 bits per heavy atom. The van der Waals surface area contributed by atoms with E-state index in [0.29, 0.717) is 0 Å². The summed E-state index contributed by atoms with van der Waals surface area (Å²) < 4.78 is 4.67. The maximum absolute atomic E-state index is 2.34. The monoisotopic (exact) mass is 330 g/mol. The summed E-state index contributed by atoms with van der Waals surface area (Å²) >= 11 is 0. The first-order valence-corrected chi connectivity index (χ1v) is 7.91. The Hall–Kier alpha value is -0.310. The number of nitrogens with zero attached hydrogens (tertiary/aromatic N) is 2. The molecule has 0 saturated carbocycles. The van der Waals surface area contributed by atoms with E-state index in [1.807, 2.05) is 0 Å². The average Bonchev–Trinajstić information content (AvgIpc) is 2.82. The van der Waals surface area contributed by atoms with Crippen LogP contribution in [0.5, 0.6) is 0 Å². The number of aryl methyl sites for hydroxylation is 2. The average molecular weight is 331 g/mol. The first-order valence-electron chi connectivity index (χ1n) is 7.91. The SMILES string of the molecule is CCCCCCCCn1cc[n+](CCCCC)c1.[Br-]. The highest BCUT2D eigenvalue weighted by atomic mass is 79.9. The van der Waals surface area contributed by atoms with E-state index in [2.05, 4.69) is 41.7 Å². The number of halogens is 1. The molecule has 3 heteroatoms. The topological polar surface area (TPSA) is 8.81 Å². The molecule has 1 heterocycles. The Labute approximate surface area is 130 Å². The van der Waals surface area contributed by atoms with Crippen molar-refractivity contribution in [2.45, 2.75) is 84.7 Å². The summed E-state index contributed by atoms with van der Waals surface area (Å²) in [5.74, 6) is 0. The van der Waals surface area contributed by atoms with Crippen molar-refractivity contribution >= 4 is 0 Å². The summed E-state index contributed by atoms with van der Waals surface area (Å²) in [7, 11) is 0. The van der Waals surface area contributed by atoms with Gasteiger partial charge in [-0.1, -0.05) is 46.0 Å². The molecule has 0 saturated heterocycles. The zero-order chi connectivity index (χ0) is 13.1. The second-order valence-electron chi connectivity index (χ2n) is 5.36. The van der Waals surface area contributed by atoms with Gasteiger partial charge in [-0.3, -0.25) is 0 Å². The predicted molar refractivity (Wildman–Crippen MR) is 77.5 cm³/mol. The van der Waals surface area contributed by atoms with Crippen molar-refractivity contribution in [2.75, 3.05) is 0 Å². The molecule has 112 valence electrons. The maximum atomic E-state index is 2.34. The van der Waals surface area contributed by atoms with Crippen molar-refractivity contribution in [1.29, 1.82) is 0 Å². The van der Waals surface area contributed by atoms with E-state index >= 15 is 0 Å². The van der Waals surface area contributed by atoms with Crippen LogP contribution in [0.2, 0.25) is 0 Å². The van der Waals surface area contributed by atoms with Crippen LogP contribution in [0.3, 0.4) is 0 Å². The Bertz CT molecular complexity index is 297. The van der Waals surface area contributed by atoms with Crippen LogP contribution in [0.25, 0.3) is 0 Å². The minimum atomic E-state index is 0. The lowest BCUT2D eigenvalue weighted by Gasteiger charge is -1.99. The summed E-state index contributed by atoms with van der Waals surface area (Å²) in [6.07, 6.45) is 18.9. The lowest BCUT2D eigenvalue weighted by atomic mass is 10.1. The van der Waals surface area contributed by atoms with Crippen LogP contribution >= 0.6 is 0 Å². The van der Waals surface area contributed by atoms with Crippen molar-refractivity contribution in [2.24, 2.45) is 0 Å². The van der Waals surface area contributed by atoms with E-state index in [1.165, 1.54) is 70.9 Å². The Morgan fingerprint density at radius 2 is 1.47 bits per heavy atom. The third kappa shape index (κ3) is 9.26. The maximum Gasteiger partial charge on any atom is 0.243 e. The smallest absolute Gasteiger partial charge is 0.243 e. The first kappa shape index (κ1) is 18.7. The molecule has 0 fully saturated rings. The van der Waals surface area contributed by atoms with Gasteiger partial charge in [0.15, 0.2) is 0 Å². The van der Waals surface area contributed by atoms with E-state index in [-0.39, 0.29) is 17.0 Å². The highest BCUT2D eigenvalue weighted by Crippen LogP contribution is 2.05. The van der Waals surface area contributed by atoms with E-state index in [0.717, 1.165) is 0 Å². The molecule has 0 bridgehead atoms. The van der Waals surface area contributed by atoms with Gasteiger partial charge in [0.2, 0.25) is 6.33 Å². The van der Waals surface area contributed by atoms with Crippen molar-refractivity contribution in [3.63, 3.8) is 0 Å². The standard InChI is InChI=1S/C16H31N2.BrH/c1-3-5-7-8-9-11-13-18-15-14-17(16-18)12-10-6-4-2;/h14-16H,3-13H2,1-2H3;1H/q+1;/p-1. The third-order valence-electron chi connectivity index (χ3n) is 3.54. The number of unbranched alkanes of at least 4 members (excludes halogenated alkanes) is 7. The van der Waals surface area contributed by atoms with Gasteiger partial charge in [-0.2, -0.15) is 0 Å². The molecular weight excluding hydrogens is 300 g/mol. The molecule has 0 unspecified atom stereocenters. The molecule has 0 amide bonds. The van der Waals surface area contributed by atoms with Crippen LogP contribution in [0.1, 0.15) is 71.6 Å². The molecule has 0 aliphatic heterocycles. The zero-order valence-corrected chi connectivity index (χ0v) is 14.4. The molecule has 0 aromatic carbocycles. The molecule has 0 aliphatic carbocycles. The molecule has 0 N–H and O–H groups in total. The summed E-state index contributed by atoms with van der Waals surface area (Å²) in [5, 5.41) is 0. The van der Waals surface area contributed by atoms with Gasteiger partial charge in [-0.25, -0.2) is 9.13 Å². The summed E-state index contributed by atoms with van der Waals surface area (Å²) in [6.45, 7) is 6.90. The van der Waals surface area contributed by atoms with Crippen molar-refractivity contribution in [1.82, 2.24) is 4.57 Å². The van der Waals surface area contributed by atoms with Crippen LogP contribution in [-0.4, -0.2) is 4.57 Å². The minimum Gasteiger partial charge on any atom is -1.00 e. The van der Waals surface area contributed by atoms with Gasteiger partial charge in [0.05, 0.1) is 13.1 Å². The molecule has 0 spiro atoms. The van der Waals surface area contributed by atoms with Crippen molar-refractivity contribution in [3.05, 3.63) is 18.7 Å². The molecule has 0 aliphatic rings. The van der Waals surface area contributed by atoms with Crippen LogP contribution in [-0.2, 0) is 13.1 Å². The third-order valence-corrected chi connectivity index (χ3v) is 3.54. The molecule has 19 heavy (non-hydrogen) atoms. The molecule has 2 nitrogen and oxygen atoms in total. The van der Waals surface area contributed by atoms with Crippen molar-refractivity contribution < 1.29 is 21.5 Å². The van der Waals surface area contributed by atoms with Crippen molar-refractivity contribution in [3.8, 4) is 0 Å². The summed E-state index contributed by atoms with van der Waals surface area (Å²) in [4.78, 5) is 0. The fourth-order valence-corrected chi connectivity index (χ4v) is 2.32. The first-order chi connectivity index (χ1) is 8.86. The van der Waals surface area contributed by atoms with Gasteiger partial charge in [-0.05, 0) is 25.7 Å². The molecule has 1 aromatic rings. The van der Waals surface area contributed by atoms with E-state index in [9.17, 15) is 0 Å². The molecule has 1 rings (SSSR count). The predicted octanol–water partition coefficient (Wildman–Crippen LogP) is 1.33. The van der Waals surface area contributed by atoms with Crippen LogP contribution in [0, 0.1) is 0 Å². The number of hydrogen-bond acceptors (Lipinski definition) is 0. The largest absolute Gasteiger partial charge is 1.00 e. The van der Waals surface area contributed by atoms with E-state index in [1.54, 1.807) is 0 Å². The molecule has 0 radical (unpaired) electrons. The lowest BCUT2D eigenvalue weighted by Crippen LogP contribution is -3.00. The zero-order valence-electron chi connectivity index (χ0n) is 12.8. The Kier molecular flexibility index (Phi) is 12.5. The highest BCUT2D eigenvalue weighted by Gasteiger charge is 2.02. The van der Waals surface area contributed by atoms with Gasteiger partial charge < -0.3 is 17.0 Å². The van der Waals surface area contributed by atoms with E-state index in [4.69, 9.17) is 0 Å². The normalized spacial score (nSPS) is 10.4. The number of imidazole rings is 1. The van der Waals surface area contributed by atoms with Gasteiger partial charge in [0.25, 0.3) is 0 Å². The molecule has 1 aromatic heterocycles. The molecular formula is C16H31BrN2. The number of hydrogen-bond donors (Lipinski definition) is 0. The van der Waals surface area contributed by atoms with Crippen LogP contribution in [0.15, 0.2) is 18.7 Å². The second-order valence-corrected chi connectivity index (χ2v) is 5.36. The van der Waals surface area contributed by atoms with Gasteiger partial charge in [-0.15, -0.1) is 0 Å². The summed E-state index contributed by atoms with van der Waals surface area (Å²) in [5.41, 5.74) is 0. The van der Waals surface area contributed by atoms with E-state index < -0.39 is 0 Å². The summed E-state index contributed by atoms with van der Waals surface area (Å²) in [6, 6.07) is 0. The minimum absolute atomic E-state index is 0. The highest BCUT2D eigenvalue weighted by molar-refractivity contribution is 4.66. The van der Waals surface area contributed by atoms with Crippen LogP contribution in [0.4, 0.5) is 0 Å².